The highest BCUT2D eigenvalue weighted by Crippen LogP contribution is 2.20. The summed E-state index contributed by atoms with van der Waals surface area (Å²) < 4.78 is 5.37. The molecule has 9 heteroatoms. The summed E-state index contributed by atoms with van der Waals surface area (Å²) in [4.78, 5) is 28.0. The van der Waals surface area contributed by atoms with Crippen molar-refractivity contribution in [2.75, 3.05) is 31.5 Å². The zero-order chi connectivity index (χ0) is 20.9. The van der Waals surface area contributed by atoms with Crippen LogP contribution in [0.5, 0.6) is 0 Å². The van der Waals surface area contributed by atoms with Crippen molar-refractivity contribution < 1.29 is 14.3 Å². The van der Waals surface area contributed by atoms with Gasteiger partial charge in [-0.25, -0.2) is 4.79 Å². The van der Waals surface area contributed by atoms with E-state index in [2.05, 4.69) is 5.32 Å². The zero-order valence-corrected chi connectivity index (χ0v) is 17.6. The first-order chi connectivity index (χ1) is 13.1. The second-order valence-corrected chi connectivity index (χ2v) is 8.08. The number of halogens is 2. The van der Waals surface area contributed by atoms with E-state index < -0.39 is 11.5 Å². The molecule has 28 heavy (non-hydrogen) atoms. The number of hydrogen-bond acceptors (Lipinski definition) is 5. The molecule has 0 radical (unpaired) electrons. The van der Waals surface area contributed by atoms with Crippen LogP contribution in [0.1, 0.15) is 20.8 Å². The molecule has 2 amide bonds. The van der Waals surface area contributed by atoms with Gasteiger partial charge >= 0.3 is 6.09 Å². The third-order valence-corrected chi connectivity index (χ3v) is 4.52. The lowest BCUT2D eigenvalue weighted by Crippen LogP contribution is -2.50. The summed E-state index contributed by atoms with van der Waals surface area (Å²) in [5.41, 5.74) is 0.246. The minimum atomic E-state index is -0.560. The second kappa shape index (κ2) is 9.30. The van der Waals surface area contributed by atoms with Gasteiger partial charge in [-0.1, -0.05) is 29.3 Å². The number of anilines is 1. The first-order valence-corrected chi connectivity index (χ1v) is 9.56. The van der Waals surface area contributed by atoms with Crippen LogP contribution in [0.25, 0.3) is 0 Å². The van der Waals surface area contributed by atoms with E-state index in [9.17, 15) is 9.59 Å². The van der Waals surface area contributed by atoms with Crippen LogP contribution in [0.15, 0.2) is 35.0 Å². The van der Waals surface area contributed by atoms with Gasteiger partial charge in [-0.2, -0.15) is 0 Å². The molecule has 1 aromatic rings. The number of allylic oxidation sites excluding steroid dienone is 1. The zero-order valence-electron chi connectivity index (χ0n) is 16.1. The smallest absolute Gasteiger partial charge is 0.410 e. The summed E-state index contributed by atoms with van der Waals surface area (Å²) in [6.07, 6.45) is 0.667. The van der Waals surface area contributed by atoms with Crippen molar-refractivity contribution in [3.63, 3.8) is 0 Å². The first kappa shape index (κ1) is 22.0. The molecule has 0 saturated carbocycles. The Morgan fingerprint density at radius 2 is 1.79 bits per heavy atom. The van der Waals surface area contributed by atoms with E-state index in [0.29, 0.717) is 42.6 Å². The van der Waals surface area contributed by atoms with Gasteiger partial charge in [0.1, 0.15) is 10.6 Å². The van der Waals surface area contributed by atoms with Crippen LogP contribution in [0.4, 0.5) is 10.5 Å². The Bertz CT molecular complexity index is 782. The van der Waals surface area contributed by atoms with Crippen molar-refractivity contribution >= 4 is 47.1 Å². The van der Waals surface area contributed by atoms with Crippen LogP contribution >= 0.6 is 23.2 Å². The molecule has 1 aliphatic heterocycles. The molecule has 0 spiro atoms. The van der Waals surface area contributed by atoms with Gasteiger partial charge in [0.2, 0.25) is 0 Å². The minimum Gasteiger partial charge on any atom is -0.444 e. The van der Waals surface area contributed by atoms with Crippen LogP contribution in [-0.2, 0) is 9.53 Å². The normalized spacial score (nSPS) is 15.6. The predicted molar refractivity (Wildman–Crippen MR) is 111 cm³/mol. The summed E-state index contributed by atoms with van der Waals surface area (Å²) in [6.45, 7) is 7.13. The van der Waals surface area contributed by atoms with E-state index in [1.165, 1.54) is 0 Å². The summed E-state index contributed by atoms with van der Waals surface area (Å²) in [5.74, 6) is -0.531. The van der Waals surface area contributed by atoms with Crippen molar-refractivity contribution in [2.45, 2.75) is 26.4 Å². The highest BCUT2D eigenvalue weighted by Gasteiger charge is 2.27. The average molecular weight is 427 g/mol. The number of rotatable bonds is 4. The second-order valence-electron chi connectivity index (χ2n) is 7.26. The molecule has 1 aromatic carbocycles. The molecule has 0 aliphatic carbocycles. The maximum atomic E-state index is 12.4. The number of nitrogens with one attached hydrogen (secondary N) is 2. The summed E-state index contributed by atoms with van der Waals surface area (Å²) >= 11 is 12.2. The predicted octanol–water partition coefficient (Wildman–Crippen LogP) is 3.93. The average Bonchev–Trinajstić information content (AvgIpc) is 2.61. The number of benzene rings is 1. The lowest BCUT2D eigenvalue weighted by molar-refractivity contribution is -0.112. The maximum Gasteiger partial charge on any atom is 0.410 e. The maximum absolute atomic E-state index is 12.4. The Morgan fingerprint density at radius 1 is 1.18 bits per heavy atom. The quantitative estimate of drug-likeness (QED) is 0.563. The highest BCUT2D eigenvalue weighted by molar-refractivity contribution is 6.45. The fourth-order valence-corrected chi connectivity index (χ4v) is 3.03. The number of piperazine rings is 1. The molecule has 0 bridgehead atoms. The number of hydrogen-bond donors (Lipinski definition) is 2. The van der Waals surface area contributed by atoms with Crippen LogP contribution < -0.4 is 5.32 Å². The molecular formula is C19H24Cl2N4O3. The lowest BCUT2D eigenvalue weighted by atomic mass is 10.2. The van der Waals surface area contributed by atoms with Gasteiger partial charge in [-0.3, -0.25) is 4.79 Å². The minimum absolute atomic E-state index is 0.0966. The Balaban J connectivity index is 2.03. The number of ether oxygens (including phenoxy) is 1. The monoisotopic (exact) mass is 426 g/mol. The van der Waals surface area contributed by atoms with Crippen molar-refractivity contribution in [3.8, 4) is 0 Å². The van der Waals surface area contributed by atoms with Crippen LogP contribution in [0.3, 0.4) is 0 Å². The summed E-state index contributed by atoms with van der Waals surface area (Å²) in [6, 6.07) is 6.70. The van der Waals surface area contributed by atoms with Crippen molar-refractivity contribution in [3.05, 3.63) is 40.0 Å². The van der Waals surface area contributed by atoms with Crippen LogP contribution in [0.2, 0.25) is 5.02 Å². The standard InChI is InChI=1S/C19H24Cl2N4O3/c1-19(2,3)28-18(27)25-9-7-24(8-10-25)15(12-22)16(21)17(26)23-14-6-4-5-13(20)11-14/h4-6,11-12,22H,7-10H2,1-3H3,(H,23,26)/b16-15-,22-12?. The molecule has 1 heterocycles. The number of nitrogens with zero attached hydrogens (tertiary/aromatic N) is 2. The molecule has 1 saturated heterocycles. The van der Waals surface area contributed by atoms with Gasteiger partial charge in [0, 0.05) is 43.1 Å². The Kier molecular flexibility index (Phi) is 7.32. The van der Waals surface area contributed by atoms with Crippen LogP contribution in [-0.4, -0.2) is 59.8 Å². The Hall–Kier alpha value is -2.25. The van der Waals surface area contributed by atoms with E-state index in [1.54, 1.807) is 34.1 Å². The van der Waals surface area contributed by atoms with Crippen molar-refractivity contribution in [1.29, 1.82) is 5.41 Å². The molecule has 1 aliphatic rings. The molecule has 7 nitrogen and oxygen atoms in total. The highest BCUT2D eigenvalue weighted by atomic mass is 35.5. The van der Waals surface area contributed by atoms with E-state index in [0.717, 1.165) is 6.21 Å². The van der Waals surface area contributed by atoms with Gasteiger partial charge in [0.25, 0.3) is 5.91 Å². The molecule has 0 unspecified atom stereocenters. The Labute approximate surface area is 174 Å². The molecule has 152 valence electrons. The topological polar surface area (TPSA) is 85.7 Å². The summed E-state index contributed by atoms with van der Waals surface area (Å²) in [5, 5.41) is 10.7. The van der Waals surface area contributed by atoms with E-state index in [4.69, 9.17) is 33.3 Å². The summed E-state index contributed by atoms with van der Waals surface area (Å²) in [7, 11) is 0. The fourth-order valence-electron chi connectivity index (χ4n) is 2.62. The van der Waals surface area contributed by atoms with Gasteiger partial charge in [0.05, 0.1) is 5.70 Å². The van der Waals surface area contributed by atoms with E-state index in [1.807, 2.05) is 20.8 Å². The van der Waals surface area contributed by atoms with E-state index >= 15 is 0 Å². The third-order valence-electron chi connectivity index (χ3n) is 3.92. The van der Waals surface area contributed by atoms with Gasteiger partial charge in [-0.15, -0.1) is 0 Å². The molecule has 1 fully saturated rings. The number of carbonyl (C=O) groups is 2. The SMILES string of the molecule is CC(C)(C)OC(=O)N1CCN(/C(C=N)=C(\Cl)C(=O)Nc2cccc(Cl)c2)CC1. The third kappa shape index (κ3) is 6.14. The lowest BCUT2D eigenvalue weighted by Gasteiger charge is -2.37. The van der Waals surface area contributed by atoms with Crippen LogP contribution in [0, 0.1) is 5.41 Å². The number of carbonyl (C=O) groups excluding carboxylic acids is 2. The fraction of sp³-hybridized carbons (Fsp3) is 0.421. The van der Waals surface area contributed by atoms with E-state index in [-0.39, 0.29) is 11.1 Å². The molecule has 0 aromatic heterocycles. The number of amides is 2. The molecular weight excluding hydrogens is 403 g/mol. The van der Waals surface area contributed by atoms with Crippen molar-refractivity contribution in [2.24, 2.45) is 0 Å². The van der Waals surface area contributed by atoms with Crippen molar-refractivity contribution in [1.82, 2.24) is 9.80 Å². The van der Waals surface area contributed by atoms with Gasteiger partial charge in [0.15, 0.2) is 0 Å². The first-order valence-electron chi connectivity index (χ1n) is 8.81. The Morgan fingerprint density at radius 3 is 2.32 bits per heavy atom. The largest absolute Gasteiger partial charge is 0.444 e. The molecule has 2 N–H and O–H groups in total. The van der Waals surface area contributed by atoms with Gasteiger partial charge < -0.3 is 25.3 Å². The molecule has 0 atom stereocenters. The molecule has 2 rings (SSSR count). The van der Waals surface area contributed by atoms with Gasteiger partial charge in [-0.05, 0) is 39.0 Å².